The van der Waals surface area contributed by atoms with Crippen LogP contribution in [0.5, 0.6) is 0 Å². The van der Waals surface area contributed by atoms with Crippen LogP contribution in [0.2, 0.25) is 0 Å². The van der Waals surface area contributed by atoms with Gasteiger partial charge in [0.15, 0.2) is 0 Å². The molecule has 0 saturated heterocycles. The van der Waals surface area contributed by atoms with Gasteiger partial charge in [-0.2, -0.15) is 0 Å². The molecule has 1 fully saturated rings. The molecular formula is C15H19NO3S. The van der Waals surface area contributed by atoms with E-state index in [1.807, 2.05) is 6.07 Å². The Morgan fingerprint density at radius 3 is 2.65 bits per heavy atom. The fraction of sp³-hybridized carbons (Fsp3) is 0.467. The second kappa shape index (κ2) is 5.87. The van der Waals surface area contributed by atoms with E-state index in [4.69, 9.17) is 5.11 Å². The molecule has 1 amide bonds. The van der Waals surface area contributed by atoms with E-state index in [0.29, 0.717) is 17.0 Å². The summed E-state index contributed by atoms with van der Waals surface area (Å²) in [7, 11) is 0. The monoisotopic (exact) mass is 293 g/mol. The number of rotatable bonds is 6. The van der Waals surface area contributed by atoms with Crippen LogP contribution >= 0.6 is 11.8 Å². The first kappa shape index (κ1) is 14.9. The third-order valence-electron chi connectivity index (χ3n) is 3.56. The highest BCUT2D eigenvalue weighted by Crippen LogP contribution is 2.44. The van der Waals surface area contributed by atoms with E-state index >= 15 is 0 Å². The third kappa shape index (κ3) is 3.76. The molecule has 1 unspecified atom stereocenters. The Balaban J connectivity index is 2.06. The molecule has 5 heteroatoms. The van der Waals surface area contributed by atoms with E-state index in [-0.39, 0.29) is 11.3 Å². The van der Waals surface area contributed by atoms with Crippen molar-refractivity contribution >= 4 is 23.6 Å². The van der Waals surface area contributed by atoms with Gasteiger partial charge in [-0.15, -0.1) is 11.8 Å². The van der Waals surface area contributed by atoms with Crippen LogP contribution in [-0.2, 0) is 4.79 Å². The normalized spacial score (nSPS) is 17.3. The zero-order valence-electron chi connectivity index (χ0n) is 11.7. The van der Waals surface area contributed by atoms with Crippen molar-refractivity contribution in [3.8, 4) is 0 Å². The van der Waals surface area contributed by atoms with Crippen LogP contribution in [0, 0.1) is 5.41 Å². The van der Waals surface area contributed by atoms with Crippen LogP contribution in [0.4, 0.5) is 0 Å². The number of nitrogens with one attached hydrogen (secondary N) is 1. The molecule has 0 heterocycles. The Kier molecular flexibility index (Phi) is 4.38. The molecule has 1 atom stereocenters. The molecule has 0 aromatic heterocycles. The molecule has 0 aliphatic heterocycles. The lowest BCUT2D eigenvalue weighted by molar-refractivity contribution is -0.136. The number of hydrogen-bond acceptors (Lipinski definition) is 3. The molecule has 2 N–H and O–H groups in total. The van der Waals surface area contributed by atoms with Gasteiger partial charge in [0, 0.05) is 11.4 Å². The summed E-state index contributed by atoms with van der Waals surface area (Å²) >= 11 is 1.20. The Bertz CT molecular complexity index is 526. The SMILES string of the molecule is CC(Sc1ccccc1C(=O)NCC1(C)CC1)C(=O)O. The molecule has 4 nitrogen and oxygen atoms in total. The number of carbonyl (C=O) groups is 2. The maximum atomic E-state index is 12.2. The van der Waals surface area contributed by atoms with Crippen molar-refractivity contribution in [2.24, 2.45) is 5.41 Å². The Labute approximate surface area is 123 Å². The van der Waals surface area contributed by atoms with Crippen molar-refractivity contribution in [3.63, 3.8) is 0 Å². The second-order valence-corrected chi connectivity index (χ2v) is 6.97. The molecule has 0 radical (unpaired) electrons. The zero-order valence-corrected chi connectivity index (χ0v) is 12.5. The Morgan fingerprint density at radius 2 is 2.05 bits per heavy atom. The summed E-state index contributed by atoms with van der Waals surface area (Å²) in [5, 5.41) is 11.3. The summed E-state index contributed by atoms with van der Waals surface area (Å²) in [6.45, 7) is 4.45. The molecular weight excluding hydrogens is 274 g/mol. The highest BCUT2D eigenvalue weighted by molar-refractivity contribution is 8.00. The lowest BCUT2D eigenvalue weighted by Gasteiger charge is -2.13. The van der Waals surface area contributed by atoms with Gasteiger partial charge in [0.25, 0.3) is 5.91 Å². The lowest BCUT2D eigenvalue weighted by Crippen LogP contribution is -2.29. The minimum absolute atomic E-state index is 0.126. The number of carboxylic acids is 1. The van der Waals surface area contributed by atoms with Gasteiger partial charge in [0.1, 0.15) is 5.25 Å². The fourth-order valence-corrected chi connectivity index (χ4v) is 2.70. The zero-order chi connectivity index (χ0) is 14.8. The van der Waals surface area contributed by atoms with E-state index in [1.54, 1.807) is 25.1 Å². The van der Waals surface area contributed by atoms with Gasteiger partial charge >= 0.3 is 5.97 Å². The quantitative estimate of drug-likeness (QED) is 0.792. The number of carbonyl (C=O) groups excluding carboxylic acids is 1. The van der Waals surface area contributed by atoms with Gasteiger partial charge in [0.05, 0.1) is 5.56 Å². The van der Waals surface area contributed by atoms with E-state index in [2.05, 4.69) is 12.2 Å². The van der Waals surface area contributed by atoms with Gasteiger partial charge in [-0.25, -0.2) is 0 Å². The third-order valence-corrected chi connectivity index (χ3v) is 4.73. The first-order valence-corrected chi connectivity index (χ1v) is 7.56. The highest BCUT2D eigenvalue weighted by atomic mass is 32.2. The van der Waals surface area contributed by atoms with E-state index in [1.165, 1.54) is 11.8 Å². The molecule has 1 aliphatic rings. The number of aliphatic carboxylic acids is 1. The largest absolute Gasteiger partial charge is 0.480 e. The van der Waals surface area contributed by atoms with Crippen molar-refractivity contribution < 1.29 is 14.7 Å². The summed E-state index contributed by atoms with van der Waals surface area (Å²) in [6, 6.07) is 7.14. The number of hydrogen-bond donors (Lipinski definition) is 2. The number of benzene rings is 1. The first-order chi connectivity index (χ1) is 9.41. The smallest absolute Gasteiger partial charge is 0.316 e. The topological polar surface area (TPSA) is 66.4 Å². The van der Waals surface area contributed by atoms with Gasteiger partial charge in [0.2, 0.25) is 0 Å². The summed E-state index contributed by atoms with van der Waals surface area (Å²) < 4.78 is 0. The molecule has 1 aliphatic carbocycles. The van der Waals surface area contributed by atoms with Crippen molar-refractivity contribution in [1.29, 1.82) is 0 Å². The fourth-order valence-electron chi connectivity index (χ4n) is 1.78. The van der Waals surface area contributed by atoms with Crippen molar-refractivity contribution in [1.82, 2.24) is 5.32 Å². The van der Waals surface area contributed by atoms with Gasteiger partial charge < -0.3 is 10.4 Å². The molecule has 0 bridgehead atoms. The summed E-state index contributed by atoms with van der Waals surface area (Å²) in [6.07, 6.45) is 2.31. The number of carboxylic acid groups (broad SMARTS) is 1. The Hall–Kier alpha value is -1.49. The van der Waals surface area contributed by atoms with Crippen LogP contribution < -0.4 is 5.32 Å². The molecule has 1 aromatic carbocycles. The predicted octanol–water partition coefficient (Wildman–Crippen LogP) is 2.78. The first-order valence-electron chi connectivity index (χ1n) is 6.68. The highest BCUT2D eigenvalue weighted by Gasteiger charge is 2.37. The molecule has 108 valence electrons. The maximum Gasteiger partial charge on any atom is 0.316 e. The lowest BCUT2D eigenvalue weighted by atomic mass is 10.1. The number of amides is 1. The van der Waals surface area contributed by atoms with Crippen LogP contribution in [0.1, 0.15) is 37.0 Å². The van der Waals surface area contributed by atoms with Gasteiger partial charge in [-0.05, 0) is 37.3 Å². The molecule has 1 saturated carbocycles. The maximum absolute atomic E-state index is 12.2. The van der Waals surface area contributed by atoms with Gasteiger partial charge in [-0.1, -0.05) is 19.1 Å². The standard InChI is InChI=1S/C15H19NO3S/c1-10(14(18)19)20-12-6-4-3-5-11(12)13(17)16-9-15(2)7-8-15/h3-6,10H,7-9H2,1-2H3,(H,16,17)(H,18,19). The van der Waals surface area contributed by atoms with E-state index in [9.17, 15) is 9.59 Å². The van der Waals surface area contributed by atoms with Crippen molar-refractivity contribution in [2.45, 2.75) is 36.8 Å². The molecule has 2 rings (SSSR count). The van der Waals surface area contributed by atoms with E-state index < -0.39 is 11.2 Å². The van der Waals surface area contributed by atoms with Crippen molar-refractivity contribution in [2.75, 3.05) is 6.54 Å². The van der Waals surface area contributed by atoms with Crippen LogP contribution in [0.15, 0.2) is 29.2 Å². The van der Waals surface area contributed by atoms with Crippen molar-refractivity contribution in [3.05, 3.63) is 29.8 Å². The van der Waals surface area contributed by atoms with Gasteiger partial charge in [-0.3, -0.25) is 9.59 Å². The Morgan fingerprint density at radius 1 is 1.40 bits per heavy atom. The van der Waals surface area contributed by atoms with E-state index in [0.717, 1.165) is 12.8 Å². The number of thioether (sulfide) groups is 1. The molecule has 0 spiro atoms. The summed E-state index contributed by atoms with van der Waals surface area (Å²) in [5.74, 6) is -1.01. The molecule has 20 heavy (non-hydrogen) atoms. The summed E-state index contributed by atoms with van der Waals surface area (Å²) in [4.78, 5) is 23.9. The average Bonchev–Trinajstić information content (AvgIpc) is 3.15. The minimum atomic E-state index is -0.879. The molecule has 1 aromatic rings. The van der Waals surface area contributed by atoms with Crippen LogP contribution in [0.25, 0.3) is 0 Å². The van der Waals surface area contributed by atoms with Crippen LogP contribution in [0.3, 0.4) is 0 Å². The second-order valence-electron chi connectivity index (χ2n) is 5.59. The average molecular weight is 293 g/mol. The van der Waals surface area contributed by atoms with Crippen LogP contribution in [-0.4, -0.2) is 28.8 Å². The summed E-state index contributed by atoms with van der Waals surface area (Å²) in [5.41, 5.74) is 0.807. The minimum Gasteiger partial charge on any atom is -0.480 e. The predicted molar refractivity (Wildman–Crippen MR) is 79.1 cm³/mol.